The standard InChI is InChI=1S/C27H46O5.CH4/c1-10-13-14-15-17-20(5)25(29)21(6)26(30)27(7,8)23(31-9)18-24(28)32-22(16-11-2)19(4)12-3;/h10-13,20-23,25,29H,2,14-18H2,1,3-9H3;1H4/b13-10?,19-12+;. The van der Waals surface area contributed by atoms with Gasteiger partial charge in [-0.15, -0.1) is 6.58 Å². The van der Waals surface area contributed by atoms with Crippen LogP contribution in [-0.4, -0.2) is 42.3 Å². The second-order valence-corrected chi connectivity index (χ2v) is 9.31. The van der Waals surface area contributed by atoms with Crippen LogP contribution in [0.4, 0.5) is 0 Å². The molecule has 0 rings (SSSR count). The van der Waals surface area contributed by atoms with Gasteiger partial charge in [0.15, 0.2) is 0 Å². The number of carbonyl (C=O) groups excluding carboxylic acids is 2. The highest BCUT2D eigenvalue weighted by molar-refractivity contribution is 5.88. The summed E-state index contributed by atoms with van der Waals surface area (Å²) in [6.07, 6.45) is 9.25. The SMILES string of the molecule is C.C=CCC(OC(=O)CC(OC)C(C)(C)C(=O)C(C)C(O)C(C)CCCC=CC)/C(C)=C/C. The minimum absolute atomic E-state index is 0. The molecule has 0 fully saturated rings. The number of allylic oxidation sites excluding steroid dienone is 3. The van der Waals surface area contributed by atoms with E-state index in [-0.39, 0.29) is 31.7 Å². The van der Waals surface area contributed by atoms with Crippen molar-refractivity contribution in [2.45, 2.75) is 106 Å². The molecule has 5 heteroatoms. The van der Waals surface area contributed by atoms with Gasteiger partial charge in [0.2, 0.25) is 0 Å². The van der Waals surface area contributed by atoms with Crippen LogP contribution in [-0.2, 0) is 19.1 Å². The third-order valence-corrected chi connectivity index (χ3v) is 6.47. The van der Waals surface area contributed by atoms with Crippen molar-refractivity contribution in [3.63, 3.8) is 0 Å². The minimum atomic E-state index is -0.956. The van der Waals surface area contributed by atoms with Gasteiger partial charge in [-0.1, -0.05) is 59.4 Å². The summed E-state index contributed by atoms with van der Waals surface area (Å²) in [6.45, 7) is 16.8. The van der Waals surface area contributed by atoms with Gasteiger partial charge in [-0.3, -0.25) is 9.59 Å². The van der Waals surface area contributed by atoms with Crippen LogP contribution >= 0.6 is 0 Å². The molecule has 0 aromatic rings. The molecule has 0 aromatic carbocycles. The fraction of sp³-hybridized carbons (Fsp3) is 0.714. The van der Waals surface area contributed by atoms with Gasteiger partial charge in [0, 0.05) is 19.4 Å². The van der Waals surface area contributed by atoms with Crippen LogP contribution < -0.4 is 0 Å². The average molecular weight is 467 g/mol. The maximum atomic E-state index is 13.3. The van der Waals surface area contributed by atoms with E-state index in [4.69, 9.17) is 9.47 Å². The molecule has 1 N–H and O–H groups in total. The third kappa shape index (κ3) is 10.8. The number of carbonyl (C=O) groups is 2. The summed E-state index contributed by atoms with van der Waals surface area (Å²) >= 11 is 0. The highest BCUT2D eigenvalue weighted by Crippen LogP contribution is 2.33. The molecule has 0 bridgehead atoms. The number of ketones is 1. The molecule has 0 radical (unpaired) electrons. The summed E-state index contributed by atoms with van der Waals surface area (Å²) in [7, 11) is 1.50. The molecule has 0 saturated heterocycles. The number of hydrogen-bond acceptors (Lipinski definition) is 5. The van der Waals surface area contributed by atoms with E-state index >= 15 is 0 Å². The van der Waals surface area contributed by atoms with Crippen molar-refractivity contribution in [2.75, 3.05) is 7.11 Å². The smallest absolute Gasteiger partial charge is 0.309 e. The largest absolute Gasteiger partial charge is 0.457 e. The molecule has 0 heterocycles. The Hall–Kier alpha value is -1.72. The number of esters is 1. The molecular weight excluding hydrogens is 416 g/mol. The first-order valence-electron chi connectivity index (χ1n) is 11.8. The lowest BCUT2D eigenvalue weighted by Gasteiger charge is -2.36. The van der Waals surface area contributed by atoms with E-state index < -0.39 is 29.5 Å². The zero-order chi connectivity index (χ0) is 24.9. The fourth-order valence-corrected chi connectivity index (χ4v) is 3.94. The van der Waals surface area contributed by atoms with Crippen LogP contribution in [0.15, 0.2) is 36.5 Å². The Morgan fingerprint density at radius 2 is 1.79 bits per heavy atom. The van der Waals surface area contributed by atoms with E-state index in [2.05, 4.69) is 12.7 Å². The van der Waals surface area contributed by atoms with Crippen LogP contribution in [0.25, 0.3) is 0 Å². The van der Waals surface area contributed by atoms with Crippen LogP contribution in [0.5, 0.6) is 0 Å². The quantitative estimate of drug-likeness (QED) is 0.161. The Morgan fingerprint density at radius 1 is 1.18 bits per heavy atom. The Balaban J connectivity index is 0. The van der Waals surface area contributed by atoms with Crippen molar-refractivity contribution in [3.8, 4) is 0 Å². The van der Waals surface area contributed by atoms with Gasteiger partial charge in [0.1, 0.15) is 11.9 Å². The predicted molar refractivity (Wildman–Crippen MR) is 138 cm³/mol. The summed E-state index contributed by atoms with van der Waals surface area (Å²) in [4.78, 5) is 26.0. The molecule has 192 valence electrons. The van der Waals surface area contributed by atoms with E-state index in [9.17, 15) is 14.7 Å². The maximum Gasteiger partial charge on any atom is 0.309 e. The van der Waals surface area contributed by atoms with Gasteiger partial charge in [0.05, 0.1) is 24.0 Å². The molecule has 5 nitrogen and oxygen atoms in total. The second kappa shape index (κ2) is 16.8. The van der Waals surface area contributed by atoms with Crippen molar-refractivity contribution in [3.05, 3.63) is 36.5 Å². The Morgan fingerprint density at radius 3 is 2.27 bits per heavy atom. The van der Waals surface area contributed by atoms with Gasteiger partial charge in [-0.05, 0) is 51.5 Å². The molecule has 0 spiro atoms. The highest BCUT2D eigenvalue weighted by atomic mass is 16.5. The van der Waals surface area contributed by atoms with Crippen molar-refractivity contribution in [2.24, 2.45) is 17.3 Å². The predicted octanol–water partition coefficient (Wildman–Crippen LogP) is 6.46. The van der Waals surface area contributed by atoms with E-state index in [1.165, 1.54) is 7.11 Å². The molecule has 0 saturated carbocycles. The molecule has 33 heavy (non-hydrogen) atoms. The minimum Gasteiger partial charge on any atom is -0.457 e. The zero-order valence-electron chi connectivity index (χ0n) is 21.5. The lowest BCUT2D eigenvalue weighted by molar-refractivity contribution is -0.155. The topological polar surface area (TPSA) is 72.8 Å². The van der Waals surface area contributed by atoms with Gasteiger partial charge < -0.3 is 14.6 Å². The molecule has 0 aromatic heterocycles. The zero-order valence-corrected chi connectivity index (χ0v) is 21.5. The van der Waals surface area contributed by atoms with Crippen molar-refractivity contribution < 1.29 is 24.2 Å². The molecule has 5 unspecified atom stereocenters. The van der Waals surface area contributed by atoms with Gasteiger partial charge in [0.25, 0.3) is 0 Å². The molecule has 0 aliphatic carbocycles. The number of hydrogen-bond donors (Lipinski definition) is 1. The maximum absolute atomic E-state index is 13.3. The van der Waals surface area contributed by atoms with E-state index in [0.29, 0.717) is 6.42 Å². The molecular formula is C28H50O5. The first-order valence-corrected chi connectivity index (χ1v) is 11.8. The number of methoxy groups -OCH3 is 1. The summed E-state index contributed by atoms with van der Waals surface area (Å²) in [6, 6.07) is 0. The summed E-state index contributed by atoms with van der Waals surface area (Å²) in [5.41, 5.74) is -0.00899. The molecule has 0 aliphatic rings. The van der Waals surface area contributed by atoms with E-state index in [1.54, 1.807) is 26.8 Å². The second-order valence-electron chi connectivity index (χ2n) is 9.31. The van der Waals surface area contributed by atoms with Crippen molar-refractivity contribution in [1.29, 1.82) is 0 Å². The number of ether oxygens (including phenoxy) is 2. The Kier molecular flexibility index (Phi) is 17.1. The number of aliphatic hydroxyl groups is 1. The van der Waals surface area contributed by atoms with Crippen LogP contribution in [0, 0.1) is 17.3 Å². The number of Topliss-reactive ketones (excluding diaryl/α,β-unsaturated/α-hetero) is 1. The van der Waals surface area contributed by atoms with Crippen LogP contribution in [0.1, 0.15) is 88.0 Å². The summed E-state index contributed by atoms with van der Waals surface area (Å²) in [5, 5.41) is 10.8. The highest BCUT2D eigenvalue weighted by Gasteiger charge is 2.43. The Labute approximate surface area is 203 Å². The summed E-state index contributed by atoms with van der Waals surface area (Å²) in [5.74, 6) is -1.09. The molecule has 0 aliphatic heterocycles. The van der Waals surface area contributed by atoms with Gasteiger partial charge in [-0.2, -0.15) is 0 Å². The lowest BCUT2D eigenvalue weighted by atomic mass is 9.73. The van der Waals surface area contributed by atoms with Crippen LogP contribution in [0.3, 0.4) is 0 Å². The first-order chi connectivity index (χ1) is 15.0. The van der Waals surface area contributed by atoms with Crippen molar-refractivity contribution >= 4 is 11.8 Å². The molecule has 5 atom stereocenters. The van der Waals surface area contributed by atoms with Crippen LogP contribution in [0.2, 0.25) is 0 Å². The van der Waals surface area contributed by atoms with Gasteiger partial charge >= 0.3 is 5.97 Å². The van der Waals surface area contributed by atoms with Gasteiger partial charge in [-0.25, -0.2) is 0 Å². The van der Waals surface area contributed by atoms with E-state index in [0.717, 1.165) is 24.8 Å². The monoisotopic (exact) mass is 466 g/mol. The van der Waals surface area contributed by atoms with Crippen molar-refractivity contribution in [1.82, 2.24) is 0 Å². The number of aliphatic hydroxyl groups excluding tert-OH is 1. The summed E-state index contributed by atoms with van der Waals surface area (Å²) < 4.78 is 11.2. The fourth-order valence-electron chi connectivity index (χ4n) is 3.94. The average Bonchev–Trinajstić information content (AvgIpc) is 2.77. The third-order valence-electron chi connectivity index (χ3n) is 6.47. The number of rotatable bonds is 16. The lowest BCUT2D eigenvalue weighted by Crippen LogP contribution is -2.46. The normalized spacial score (nSPS) is 16.9. The Bertz CT molecular complexity index is 647. The van der Waals surface area contributed by atoms with E-state index in [1.807, 2.05) is 39.8 Å². The molecule has 0 amide bonds. The number of unbranched alkanes of at least 4 members (excludes halogenated alkanes) is 1. The first kappa shape index (κ1) is 33.5.